The van der Waals surface area contributed by atoms with Crippen LogP contribution < -0.4 is 0 Å². The summed E-state index contributed by atoms with van der Waals surface area (Å²) in [6.07, 6.45) is -0.824. The van der Waals surface area contributed by atoms with Gasteiger partial charge in [0.25, 0.3) is 0 Å². The lowest BCUT2D eigenvalue weighted by molar-refractivity contribution is -0.220. The van der Waals surface area contributed by atoms with E-state index < -0.39 is 75.7 Å². The van der Waals surface area contributed by atoms with E-state index in [1.165, 1.54) is 38.5 Å². The van der Waals surface area contributed by atoms with E-state index in [1.54, 1.807) is 0 Å². The van der Waals surface area contributed by atoms with E-state index in [4.69, 9.17) is 18.5 Å². The van der Waals surface area contributed by atoms with E-state index in [1.807, 2.05) is 0 Å². The van der Waals surface area contributed by atoms with E-state index in [-0.39, 0.29) is 6.42 Å². The van der Waals surface area contributed by atoms with Crippen LogP contribution in [0.25, 0.3) is 0 Å². The first-order chi connectivity index (χ1) is 18.4. The average molecular weight is 587 g/mol. The summed E-state index contributed by atoms with van der Waals surface area (Å²) in [6, 6.07) is 0. The number of ether oxygens (including phenoxy) is 2. The molecule has 230 valence electrons. The first-order valence-corrected chi connectivity index (χ1v) is 15.3. The zero-order valence-corrected chi connectivity index (χ0v) is 23.8. The van der Waals surface area contributed by atoms with Crippen LogP contribution in [-0.2, 0) is 32.7 Å². The predicted molar refractivity (Wildman–Crippen MR) is 138 cm³/mol. The molecule has 0 amide bonds. The number of aliphatic hydroxyl groups is 5. The molecule has 0 heterocycles. The summed E-state index contributed by atoms with van der Waals surface area (Å²) in [7, 11) is -5.06. The van der Waals surface area contributed by atoms with Crippen LogP contribution in [-0.4, -0.2) is 98.3 Å². The molecule has 1 rings (SSSR count). The summed E-state index contributed by atoms with van der Waals surface area (Å²) in [5, 5.41) is 49.1. The fourth-order valence-corrected chi connectivity index (χ4v) is 5.16. The fraction of sp³-hybridized carbons (Fsp3) is 0.920. The van der Waals surface area contributed by atoms with E-state index in [0.717, 1.165) is 32.6 Å². The summed E-state index contributed by atoms with van der Waals surface area (Å²) in [5.41, 5.74) is 0. The lowest BCUT2D eigenvalue weighted by atomic mass is 9.85. The summed E-state index contributed by atoms with van der Waals surface area (Å²) in [4.78, 5) is 33.5. The Morgan fingerprint density at radius 1 is 0.744 bits per heavy atom. The van der Waals surface area contributed by atoms with Crippen molar-refractivity contribution < 1.29 is 63.1 Å². The zero-order chi connectivity index (χ0) is 29.4. The first kappa shape index (κ1) is 35.9. The molecule has 0 aromatic heterocycles. The van der Waals surface area contributed by atoms with Crippen LogP contribution in [0.5, 0.6) is 0 Å². The molecule has 14 heteroatoms. The van der Waals surface area contributed by atoms with Gasteiger partial charge < -0.3 is 39.9 Å². The molecule has 0 aromatic carbocycles. The Balaban J connectivity index is 2.45. The number of hydrogen-bond acceptors (Lipinski definition) is 12. The molecule has 1 saturated carbocycles. The van der Waals surface area contributed by atoms with Crippen molar-refractivity contribution in [2.45, 2.75) is 134 Å². The Labute approximate surface area is 230 Å². The molecule has 0 spiro atoms. The van der Waals surface area contributed by atoms with Crippen molar-refractivity contribution in [3.05, 3.63) is 0 Å². The Morgan fingerprint density at radius 3 is 1.69 bits per heavy atom. The largest absolute Gasteiger partial charge is 0.472 e. The molecule has 6 N–H and O–H groups in total. The Hall–Kier alpha value is -1.15. The summed E-state index contributed by atoms with van der Waals surface area (Å²) in [5.74, 6) is -1.29. The van der Waals surface area contributed by atoms with Gasteiger partial charge in [-0.2, -0.15) is 0 Å². The van der Waals surface area contributed by atoms with Crippen LogP contribution >= 0.6 is 7.82 Å². The minimum absolute atomic E-state index is 0.0967. The maximum Gasteiger partial charge on any atom is 0.472 e. The van der Waals surface area contributed by atoms with Crippen LogP contribution in [0, 0.1) is 0 Å². The molecular weight excluding hydrogens is 539 g/mol. The zero-order valence-electron chi connectivity index (χ0n) is 22.9. The minimum atomic E-state index is -5.06. The first-order valence-electron chi connectivity index (χ1n) is 13.8. The SMILES string of the molecule is CCCCCCCCCCCCCC(=O)OC(COC(C)=O)COP(=O)(O)OC1C(O)C(O)C(O)C(O)C1O. The predicted octanol–water partition coefficient (Wildman–Crippen LogP) is 1.48. The van der Waals surface area contributed by atoms with Crippen LogP contribution in [0.3, 0.4) is 0 Å². The maximum atomic E-state index is 12.4. The van der Waals surface area contributed by atoms with Gasteiger partial charge in [-0.3, -0.25) is 18.6 Å². The normalized spacial score (nSPS) is 27.5. The number of aliphatic hydroxyl groups excluding tert-OH is 5. The highest BCUT2D eigenvalue weighted by molar-refractivity contribution is 7.47. The molecule has 6 unspecified atom stereocenters. The second-order valence-electron chi connectivity index (χ2n) is 9.99. The fourth-order valence-electron chi connectivity index (χ4n) is 4.19. The Morgan fingerprint density at radius 2 is 1.21 bits per heavy atom. The van der Waals surface area contributed by atoms with Gasteiger partial charge in [-0.25, -0.2) is 4.57 Å². The van der Waals surface area contributed by atoms with Crippen LogP contribution in [0.4, 0.5) is 0 Å². The van der Waals surface area contributed by atoms with Gasteiger partial charge in [-0.15, -0.1) is 0 Å². The van der Waals surface area contributed by atoms with Crippen LogP contribution in [0.15, 0.2) is 0 Å². The van der Waals surface area contributed by atoms with Crippen molar-refractivity contribution in [3.63, 3.8) is 0 Å². The van der Waals surface area contributed by atoms with Gasteiger partial charge in [-0.05, 0) is 6.42 Å². The third-order valence-corrected chi connectivity index (χ3v) is 7.49. The monoisotopic (exact) mass is 586 g/mol. The van der Waals surface area contributed by atoms with E-state index >= 15 is 0 Å². The highest BCUT2D eigenvalue weighted by Gasteiger charge is 2.51. The Kier molecular flexibility index (Phi) is 17.5. The second kappa shape index (κ2) is 19.1. The number of esters is 2. The van der Waals surface area contributed by atoms with E-state index in [0.29, 0.717) is 6.42 Å². The number of rotatable bonds is 20. The molecule has 0 saturated heterocycles. The van der Waals surface area contributed by atoms with Crippen LogP contribution in [0.2, 0.25) is 0 Å². The standard InChI is InChI=1S/C25H47O13P/c1-3-4-5-6-7-8-9-10-11-12-13-14-19(27)37-18(15-35-17(2)26)16-36-39(33,34)38-25-23(31)21(29)20(28)22(30)24(25)32/h18,20-25,28-32H,3-16H2,1-2H3,(H,33,34). The van der Waals surface area contributed by atoms with Gasteiger partial charge in [0, 0.05) is 13.3 Å². The average Bonchev–Trinajstić information content (AvgIpc) is 2.89. The third kappa shape index (κ3) is 14.3. The summed E-state index contributed by atoms with van der Waals surface area (Å²) in [6.45, 7) is 2.12. The summed E-state index contributed by atoms with van der Waals surface area (Å²) >= 11 is 0. The molecule has 0 aliphatic heterocycles. The highest BCUT2D eigenvalue weighted by atomic mass is 31.2. The van der Waals surface area contributed by atoms with Gasteiger partial charge in [0.05, 0.1) is 6.61 Å². The topological polar surface area (TPSA) is 210 Å². The van der Waals surface area contributed by atoms with Crippen molar-refractivity contribution >= 4 is 19.8 Å². The van der Waals surface area contributed by atoms with Gasteiger partial charge in [-0.1, -0.05) is 71.1 Å². The van der Waals surface area contributed by atoms with Crippen molar-refractivity contribution in [1.82, 2.24) is 0 Å². The Bertz CT molecular complexity index is 735. The number of carbonyl (C=O) groups excluding carboxylic acids is 2. The molecule has 1 aliphatic rings. The molecule has 1 fully saturated rings. The second-order valence-corrected chi connectivity index (χ2v) is 11.4. The summed E-state index contributed by atoms with van der Waals surface area (Å²) < 4.78 is 32.0. The van der Waals surface area contributed by atoms with Crippen molar-refractivity contribution in [3.8, 4) is 0 Å². The molecule has 0 aromatic rings. The van der Waals surface area contributed by atoms with Crippen molar-refractivity contribution in [2.24, 2.45) is 0 Å². The number of phosphoric ester groups is 1. The van der Waals surface area contributed by atoms with Crippen molar-refractivity contribution in [2.75, 3.05) is 13.2 Å². The van der Waals surface area contributed by atoms with Crippen LogP contribution in [0.1, 0.15) is 90.9 Å². The molecule has 0 bridgehead atoms. The highest BCUT2D eigenvalue weighted by Crippen LogP contribution is 2.47. The third-order valence-electron chi connectivity index (χ3n) is 6.51. The van der Waals surface area contributed by atoms with Gasteiger partial charge >= 0.3 is 19.8 Å². The molecule has 6 atom stereocenters. The smallest absolute Gasteiger partial charge is 0.462 e. The molecular formula is C25H47O13P. The number of unbranched alkanes of at least 4 members (excludes halogenated alkanes) is 10. The van der Waals surface area contributed by atoms with Gasteiger partial charge in [0.2, 0.25) is 0 Å². The van der Waals surface area contributed by atoms with E-state index in [2.05, 4.69) is 6.92 Å². The van der Waals surface area contributed by atoms with Gasteiger partial charge in [0.1, 0.15) is 43.2 Å². The lowest BCUT2D eigenvalue weighted by Crippen LogP contribution is -2.64. The number of carbonyl (C=O) groups is 2. The van der Waals surface area contributed by atoms with Gasteiger partial charge in [0.15, 0.2) is 6.10 Å². The quantitative estimate of drug-likeness (QED) is 0.0679. The minimum Gasteiger partial charge on any atom is -0.462 e. The lowest BCUT2D eigenvalue weighted by Gasteiger charge is -2.41. The van der Waals surface area contributed by atoms with Crippen molar-refractivity contribution in [1.29, 1.82) is 0 Å². The molecule has 0 radical (unpaired) electrons. The number of phosphoric acid groups is 1. The maximum absolute atomic E-state index is 12.4. The molecule has 39 heavy (non-hydrogen) atoms. The number of hydrogen-bond donors (Lipinski definition) is 6. The molecule has 1 aliphatic carbocycles. The molecule has 13 nitrogen and oxygen atoms in total. The van der Waals surface area contributed by atoms with E-state index in [9.17, 15) is 44.6 Å².